The van der Waals surface area contributed by atoms with E-state index in [-0.39, 0.29) is 71.0 Å². The van der Waals surface area contributed by atoms with Crippen LogP contribution in [0.5, 0.6) is 0 Å². The van der Waals surface area contributed by atoms with Crippen molar-refractivity contribution >= 4 is 19.7 Å². The summed E-state index contributed by atoms with van der Waals surface area (Å²) in [5.74, 6) is -0.494. The molecule has 0 bridgehead atoms. The Labute approximate surface area is 204 Å². The molecule has 0 radical (unpaired) electrons. The van der Waals surface area contributed by atoms with Gasteiger partial charge in [-0.05, 0) is 0 Å². The Kier molecular flexibility index (Phi) is 12.8. The van der Waals surface area contributed by atoms with E-state index in [0.717, 1.165) is 26.2 Å². The van der Waals surface area contributed by atoms with Crippen molar-refractivity contribution in [3.63, 3.8) is 0 Å². The second-order valence-electron chi connectivity index (χ2n) is 8.11. The highest BCUT2D eigenvalue weighted by Crippen LogP contribution is 2.10. The Bertz CT molecular complexity index is 603. The van der Waals surface area contributed by atoms with Gasteiger partial charge in [0, 0.05) is 0 Å². The summed E-state index contributed by atoms with van der Waals surface area (Å²) in [6, 6.07) is 0. The van der Waals surface area contributed by atoms with E-state index < -0.39 is 19.7 Å². The lowest BCUT2D eigenvalue weighted by Gasteiger charge is -2.37. The molecule has 8 nitrogen and oxygen atoms in total. The van der Waals surface area contributed by atoms with E-state index in [1.54, 1.807) is 0 Å². The summed E-state index contributed by atoms with van der Waals surface area (Å²) in [6.07, 6.45) is 0. The van der Waals surface area contributed by atoms with Crippen LogP contribution >= 0.6 is 0 Å². The molecule has 0 aromatic carbocycles. The van der Waals surface area contributed by atoms with E-state index in [0.29, 0.717) is 48.5 Å². The summed E-state index contributed by atoms with van der Waals surface area (Å²) in [5.41, 5.74) is 0. The normalized spacial score (nSPS) is 21.9. The Balaban J connectivity index is 0.00000364. The quantitative estimate of drug-likeness (QED) is 0.180. The second-order valence-corrected chi connectivity index (χ2v) is 12.7. The molecule has 0 saturated carbocycles. The lowest BCUT2D eigenvalue weighted by atomic mass is 10.3. The first-order chi connectivity index (χ1) is 12.0. The van der Waals surface area contributed by atoms with E-state index in [9.17, 15) is 16.8 Å². The molecule has 170 valence electrons. The zero-order valence-electron chi connectivity index (χ0n) is 16.8. The van der Waals surface area contributed by atoms with Gasteiger partial charge >= 0.3 is 0 Å². The fourth-order valence-corrected chi connectivity index (χ4v) is 7.07. The highest BCUT2D eigenvalue weighted by molar-refractivity contribution is 7.95. The minimum absolute atomic E-state index is 0. The zero-order chi connectivity index (χ0) is 19.3. The Morgan fingerprint density at radius 3 is 1.18 bits per heavy atom. The van der Waals surface area contributed by atoms with Crippen molar-refractivity contribution in [2.24, 2.45) is 0 Å². The minimum atomic E-state index is -3.37. The van der Waals surface area contributed by atoms with Crippen molar-refractivity contribution in [2.45, 2.75) is 0 Å². The van der Waals surface area contributed by atoms with Gasteiger partial charge in [0.2, 0.25) is 0 Å². The van der Waals surface area contributed by atoms with Crippen molar-refractivity contribution in [3.8, 4) is 0 Å². The maximum atomic E-state index is 12.3. The first-order valence-electron chi connectivity index (χ1n) is 9.27. The molecule has 2 rings (SSSR count). The number of hydrogen-bond donors (Lipinski definition) is 0. The summed E-state index contributed by atoms with van der Waals surface area (Å²) >= 11 is 0. The number of sulfone groups is 2. The summed E-state index contributed by atoms with van der Waals surface area (Å²) in [5, 5.41) is 0. The molecule has 2 aliphatic rings. The van der Waals surface area contributed by atoms with E-state index in [1.165, 1.54) is 0 Å². The van der Waals surface area contributed by atoms with Crippen molar-refractivity contribution in [2.75, 3.05) is 103 Å². The molecule has 2 heterocycles. The Hall–Kier alpha value is 1.20. The van der Waals surface area contributed by atoms with Crippen LogP contribution < -0.4 is 48.0 Å². The SMILES string of the molecule is C[N+]1(CCS(=O)(=O)CCS(=O)(=O)CC[N+]2(C)CCOCC2)CCOCC1.[I-].[I-]. The number of quaternary nitrogens is 2. The Morgan fingerprint density at radius 1 is 0.607 bits per heavy atom. The highest BCUT2D eigenvalue weighted by Gasteiger charge is 2.30. The average Bonchev–Trinajstić information content (AvgIpc) is 2.59. The molecule has 28 heavy (non-hydrogen) atoms. The summed E-state index contributed by atoms with van der Waals surface area (Å²) in [4.78, 5) is 0. The van der Waals surface area contributed by atoms with Crippen LogP contribution in [0.4, 0.5) is 0 Å². The van der Waals surface area contributed by atoms with Gasteiger partial charge in [0.1, 0.15) is 26.2 Å². The van der Waals surface area contributed by atoms with E-state index in [4.69, 9.17) is 9.47 Å². The van der Waals surface area contributed by atoms with Crippen molar-refractivity contribution in [1.29, 1.82) is 0 Å². The number of ether oxygens (including phenoxy) is 2. The van der Waals surface area contributed by atoms with Gasteiger partial charge in [-0.25, -0.2) is 16.8 Å². The molecule has 0 unspecified atom stereocenters. The molecule has 0 N–H and O–H groups in total. The van der Waals surface area contributed by atoms with Gasteiger partial charge < -0.3 is 66.4 Å². The number of hydrogen-bond acceptors (Lipinski definition) is 6. The first-order valence-corrected chi connectivity index (χ1v) is 12.9. The van der Waals surface area contributed by atoms with Crippen LogP contribution in [0.3, 0.4) is 0 Å². The number of halogens is 2. The Morgan fingerprint density at radius 2 is 0.893 bits per heavy atom. The number of morpholine rings is 2. The van der Waals surface area contributed by atoms with Crippen LogP contribution in [-0.2, 0) is 29.1 Å². The van der Waals surface area contributed by atoms with Crippen LogP contribution in [0.2, 0.25) is 0 Å². The third-order valence-electron chi connectivity index (χ3n) is 5.69. The monoisotopic (exact) mass is 668 g/mol. The molecule has 2 fully saturated rings. The maximum Gasteiger partial charge on any atom is 0.156 e. The predicted molar refractivity (Wildman–Crippen MR) is 101 cm³/mol. The van der Waals surface area contributed by atoms with Gasteiger partial charge in [-0.3, -0.25) is 0 Å². The molecule has 0 aromatic heterocycles. The van der Waals surface area contributed by atoms with Gasteiger partial charge in [-0.2, -0.15) is 0 Å². The van der Waals surface area contributed by atoms with Gasteiger partial charge in [0.05, 0.1) is 76.6 Å². The number of likely N-dealkylation sites (N-methyl/N-ethyl adjacent to an activating group) is 2. The predicted octanol–water partition coefficient (Wildman–Crippen LogP) is -7.22. The molecule has 0 aromatic rings. The van der Waals surface area contributed by atoms with Gasteiger partial charge in [0.25, 0.3) is 0 Å². The second kappa shape index (κ2) is 12.3. The number of rotatable bonds is 9. The summed E-state index contributed by atoms with van der Waals surface area (Å²) in [6.45, 7) is 6.81. The smallest absolute Gasteiger partial charge is 0.156 e. The highest BCUT2D eigenvalue weighted by atomic mass is 127. The van der Waals surface area contributed by atoms with E-state index in [2.05, 4.69) is 0 Å². The third-order valence-corrected chi connectivity index (χ3v) is 9.21. The van der Waals surface area contributed by atoms with Gasteiger partial charge in [-0.1, -0.05) is 0 Å². The van der Waals surface area contributed by atoms with Crippen molar-refractivity contribution in [3.05, 3.63) is 0 Å². The molecule has 0 amide bonds. The minimum Gasteiger partial charge on any atom is -1.00 e. The molecule has 2 aliphatic heterocycles. The maximum absolute atomic E-state index is 12.3. The molecule has 0 atom stereocenters. The largest absolute Gasteiger partial charge is 1.00 e. The number of nitrogens with zero attached hydrogens (tertiary/aromatic N) is 2. The summed E-state index contributed by atoms with van der Waals surface area (Å²) in [7, 11) is -2.68. The fraction of sp³-hybridized carbons (Fsp3) is 1.00. The fourth-order valence-electron chi connectivity index (χ4n) is 3.19. The third kappa shape index (κ3) is 10.5. The zero-order valence-corrected chi connectivity index (χ0v) is 22.8. The van der Waals surface area contributed by atoms with Crippen LogP contribution in [-0.4, -0.2) is 129 Å². The van der Waals surface area contributed by atoms with Gasteiger partial charge in [0.15, 0.2) is 19.7 Å². The first kappa shape index (κ1) is 29.2. The lowest BCUT2D eigenvalue weighted by molar-refractivity contribution is -0.914. The van der Waals surface area contributed by atoms with Crippen LogP contribution in [0.25, 0.3) is 0 Å². The molecule has 0 aliphatic carbocycles. The van der Waals surface area contributed by atoms with Crippen LogP contribution in [0, 0.1) is 0 Å². The van der Waals surface area contributed by atoms with Crippen molar-refractivity contribution in [1.82, 2.24) is 0 Å². The average molecular weight is 668 g/mol. The summed E-state index contributed by atoms with van der Waals surface area (Å²) < 4.78 is 61.2. The topological polar surface area (TPSA) is 86.7 Å². The van der Waals surface area contributed by atoms with Gasteiger partial charge in [-0.15, -0.1) is 0 Å². The molecular weight excluding hydrogens is 634 g/mol. The molecular formula is C16H34I2N2O6S2. The van der Waals surface area contributed by atoms with E-state index >= 15 is 0 Å². The standard InChI is InChI=1S/C16H34N2O6S2.2HI/c1-17(3-9-23-10-4-17)7-13-25(19,20)15-16-26(21,22)14-8-18(2)5-11-24-12-6-18;;/h3-16H2,1-2H3;2*1H/q+2;;/p-2. The van der Waals surface area contributed by atoms with E-state index in [1.807, 2.05) is 14.1 Å². The van der Waals surface area contributed by atoms with Crippen LogP contribution in [0.1, 0.15) is 0 Å². The molecule has 0 spiro atoms. The van der Waals surface area contributed by atoms with Crippen molar-refractivity contribution < 1.29 is 83.2 Å². The molecule has 2 saturated heterocycles. The van der Waals surface area contributed by atoms with Crippen LogP contribution in [0.15, 0.2) is 0 Å². The molecule has 12 heteroatoms. The lowest BCUT2D eigenvalue weighted by Crippen LogP contribution is -3.00.